The van der Waals surface area contributed by atoms with Crippen LogP contribution >= 0.6 is 34.5 Å². The topological polar surface area (TPSA) is 64.6 Å². The summed E-state index contributed by atoms with van der Waals surface area (Å²) in [5.41, 5.74) is 1.23. The summed E-state index contributed by atoms with van der Waals surface area (Å²) in [6, 6.07) is 4.97. The number of methoxy groups -OCH3 is 1. The lowest BCUT2D eigenvalue weighted by molar-refractivity contribution is -0.116. The third-order valence-corrected chi connectivity index (χ3v) is 5.38. The molecule has 0 atom stereocenters. The van der Waals surface area contributed by atoms with E-state index >= 15 is 0 Å². The second-order valence-electron chi connectivity index (χ2n) is 5.55. The Labute approximate surface area is 166 Å². The number of rotatable bonds is 7. The lowest BCUT2D eigenvalue weighted by Gasteiger charge is -2.09. The van der Waals surface area contributed by atoms with Crippen LogP contribution in [0.25, 0.3) is 0 Å². The lowest BCUT2D eigenvalue weighted by atomic mass is 10.1. The maximum atomic E-state index is 12.2. The van der Waals surface area contributed by atoms with Gasteiger partial charge in [-0.05, 0) is 44.0 Å². The van der Waals surface area contributed by atoms with Crippen LogP contribution in [0.2, 0.25) is 10.0 Å². The normalized spacial score (nSPS) is 10.5. The zero-order valence-corrected chi connectivity index (χ0v) is 17.0. The summed E-state index contributed by atoms with van der Waals surface area (Å²) in [6.45, 7) is 4.06. The van der Waals surface area contributed by atoms with Crippen LogP contribution in [0.5, 0.6) is 5.75 Å². The highest BCUT2D eigenvalue weighted by Crippen LogP contribution is 2.33. The van der Waals surface area contributed by atoms with Crippen molar-refractivity contribution >= 4 is 51.4 Å². The fraction of sp³-hybridized carbons (Fsp3) is 0.333. The fourth-order valence-electron chi connectivity index (χ4n) is 2.26. The molecule has 0 fully saturated rings. The van der Waals surface area contributed by atoms with Gasteiger partial charge in [-0.15, -0.1) is 11.3 Å². The third kappa shape index (κ3) is 5.13. The van der Waals surface area contributed by atoms with Crippen molar-refractivity contribution in [2.45, 2.75) is 26.7 Å². The van der Waals surface area contributed by atoms with Gasteiger partial charge in [0, 0.05) is 16.3 Å². The maximum Gasteiger partial charge on any atom is 0.341 e. The van der Waals surface area contributed by atoms with Crippen LogP contribution in [-0.4, -0.2) is 25.6 Å². The SMILES string of the molecule is COC(=O)c1c(NC(=O)CCCOc2ccc(Cl)cc2Cl)sc(C)c1C. The predicted molar refractivity (Wildman–Crippen MR) is 105 cm³/mol. The van der Waals surface area contributed by atoms with Gasteiger partial charge in [0.1, 0.15) is 10.8 Å². The Kier molecular flexibility index (Phi) is 7.32. The summed E-state index contributed by atoms with van der Waals surface area (Å²) in [5, 5.41) is 4.25. The molecule has 0 aliphatic rings. The van der Waals surface area contributed by atoms with E-state index in [1.165, 1.54) is 18.4 Å². The van der Waals surface area contributed by atoms with E-state index in [1.807, 2.05) is 13.8 Å². The summed E-state index contributed by atoms with van der Waals surface area (Å²) in [6.07, 6.45) is 0.753. The number of aryl methyl sites for hydroxylation is 1. The van der Waals surface area contributed by atoms with E-state index in [4.69, 9.17) is 32.7 Å². The Morgan fingerprint density at radius 3 is 2.62 bits per heavy atom. The summed E-state index contributed by atoms with van der Waals surface area (Å²) < 4.78 is 10.3. The Balaban J connectivity index is 1.88. The van der Waals surface area contributed by atoms with Crippen molar-refractivity contribution < 1.29 is 19.1 Å². The largest absolute Gasteiger partial charge is 0.492 e. The van der Waals surface area contributed by atoms with Gasteiger partial charge in [-0.3, -0.25) is 4.79 Å². The molecule has 5 nitrogen and oxygen atoms in total. The number of ether oxygens (including phenoxy) is 2. The number of benzene rings is 1. The van der Waals surface area contributed by atoms with Gasteiger partial charge < -0.3 is 14.8 Å². The van der Waals surface area contributed by atoms with Crippen molar-refractivity contribution in [1.29, 1.82) is 0 Å². The molecular formula is C18H19Cl2NO4S. The van der Waals surface area contributed by atoms with E-state index < -0.39 is 5.97 Å². The summed E-state index contributed by atoms with van der Waals surface area (Å²) in [7, 11) is 1.32. The van der Waals surface area contributed by atoms with Crippen molar-refractivity contribution in [3.63, 3.8) is 0 Å². The van der Waals surface area contributed by atoms with Gasteiger partial charge in [0.05, 0.1) is 24.3 Å². The van der Waals surface area contributed by atoms with Crippen LogP contribution in [-0.2, 0) is 9.53 Å². The highest BCUT2D eigenvalue weighted by atomic mass is 35.5. The minimum atomic E-state index is -0.456. The second-order valence-corrected chi connectivity index (χ2v) is 7.62. The van der Waals surface area contributed by atoms with Gasteiger partial charge in [-0.2, -0.15) is 0 Å². The highest BCUT2D eigenvalue weighted by Gasteiger charge is 2.21. The van der Waals surface area contributed by atoms with Crippen molar-refractivity contribution in [3.8, 4) is 5.75 Å². The first-order chi connectivity index (χ1) is 12.3. The van der Waals surface area contributed by atoms with Gasteiger partial charge in [0.15, 0.2) is 0 Å². The molecule has 140 valence electrons. The number of carbonyl (C=O) groups excluding carboxylic acids is 2. The van der Waals surface area contributed by atoms with Crippen molar-refractivity contribution in [1.82, 2.24) is 0 Å². The molecule has 0 bridgehead atoms. The maximum absolute atomic E-state index is 12.2. The fourth-order valence-corrected chi connectivity index (χ4v) is 3.79. The van der Waals surface area contributed by atoms with Gasteiger partial charge in [0.25, 0.3) is 0 Å². The van der Waals surface area contributed by atoms with E-state index in [-0.39, 0.29) is 12.3 Å². The molecule has 1 N–H and O–H groups in total. The zero-order valence-electron chi connectivity index (χ0n) is 14.7. The molecule has 2 aromatic rings. The first-order valence-electron chi connectivity index (χ1n) is 7.89. The van der Waals surface area contributed by atoms with Crippen LogP contribution in [0.15, 0.2) is 18.2 Å². The van der Waals surface area contributed by atoms with Crippen molar-refractivity contribution in [2.24, 2.45) is 0 Å². The van der Waals surface area contributed by atoms with Crippen LogP contribution in [0.3, 0.4) is 0 Å². The molecule has 0 radical (unpaired) electrons. The van der Waals surface area contributed by atoms with Gasteiger partial charge in [-0.25, -0.2) is 4.79 Å². The number of hydrogen-bond acceptors (Lipinski definition) is 5. The van der Waals surface area contributed by atoms with Gasteiger partial charge >= 0.3 is 5.97 Å². The molecule has 1 aromatic carbocycles. The molecule has 8 heteroatoms. The Hall–Kier alpha value is -1.76. The van der Waals surface area contributed by atoms with Crippen LogP contribution < -0.4 is 10.1 Å². The number of hydrogen-bond donors (Lipinski definition) is 1. The van der Waals surface area contributed by atoms with Crippen LogP contribution in [0.4, 0.5) is 5.00 Å². The van der Waals surface area contributed by atoms with Crippen LogP contribution in [0, 0.1) is 13.8 Å². The van der Waals surface area contributed by atoms with Crippen LogP contribution in [0.1, 0.15) is 33.6 Å². The number of carbonyl (C=O) groups is 2. The van der Waals surface area contributed by atoms with Crippen molar-refractivity contribution in [2.75, 3.05) is 19.0 Å². The number of amides is 1. The van der Waals surface area contributed by atoms with Gasteiger partial charge in [-0.1, -0.05) is 23.2 Å². The third-order valence-electron chi connectivity index (χ3n) is 3.73. The minimum Gasteiger partial charge on any atom is -0.492 e. The molecule has 1 heterocycles. The first-order valence-corrected chi connectivity index (χ1v) is 9.46. The first kappa shape index (κ1) is 20.6. The van der Waals surface area contributed by atoms with E-state index in [0.29, 0.717) is 39.4 Å². The predicted octanol–water partition coefficient (Wildman–Crippen LogP) is 5.26. The zero-order chi connectivity index (χ0) is 19.3. The Bertz CT molecular complexity index is 820. The molecule has 2 rings (SSSR count). The number of halogens is 2. The number of thiophene rings is 1. The van der Waals surface area contributed by atoms with Gasteiger partial charge in [0.2, 0.25) is 5.91 Å². The molecule has 0 saturated heterocycles. The Morgan fingerprint density at radius 2 is 1.96 bits per heavy atom. The second kappa shape index (κ2) is 9.26. The average molecular weight is 416 g/mol. The molecule has 0 aliphatic carbocycles. The summed E-state index contributed by atoms with van der Waals surface area (Å²) in [5.74, 6) is -0.126. The standard InChI is InChI=1S/C18H19Cl2NO4S/c1-10-11(2)26-17(16(10)18(23)24-3)21-15(22)5-4-8-25-14-7-6-12(19)9-13(14)20/h6-7,9H,4-5,8H2,1-3H3,(H,21,22). The molecular weight excluding hydrogens is 397 g/mol. The average Bonchev–Trinajstić information content (AvgIpc) is 2.86. The molecule has 0 spiro atoms. The monoisotopic (exact) mass is 415 g/mol. The molecule has 0 saturated carbocycles. The molecule has 1 amide bonds. The van der Waals surface area contributed by atoms with E-state index in [2.05, 4.69) is 5.32 Å². The highest BCUT2D eigenvalue weighted by molar-refractivity contribution is 7.16. The molecule has 0 unspecified atom stereocenters. The number of esters is 1. The minimum absolute atomic E-state index is 0.192. The molecule has 1 aromatic heterocycles. The smallest absolute Gasteiger partial charge is 0.341 e. The van der Waals surface area contributed by atoms with E-state index in [1.54, 1.807) is 18.2 Å². The number of nitrogens with one attached hydrogen (secondary N) is 1. The molecule has 26 heavy (non-hydrogen) atoms. The number of anilines is 1. The molecule has 0 aliphatic heterocycles. The Morgan fingerprint density at radius 1 is 1.23 bits per heavy atom. The quantitative estimate of drug-likeness (QED) is 0.494. The lowest BCUT2D eigenvalue weighted by Crippen LogP contribution is -2.15. The van der Waals surface area contributed by atoms with E-state index in [0.717, 1.165) is 10.4 Å². The summed E-state index contributed by atoms with van der Waals surface area (Å²) >= 11 is 13.2. The van der Waals surface area contributed by atoms with E-state index in [9.17, 15) is 9.59 Å². The summed E-state index contributed by atoms with van der Waals surface area (Å²) in [4.78, 5) is 25.0. The van der Waals surface area contributed by atoms with Crippen molar-refractivity contribution in [3.05, 3.63) is 44.2 Å².